The molecule has 5 rings (SSSR count). The SMILES string of the molecule is N#Cc1ccc(C(=O)NCc2ccc(-c3ccc(CN(Cc4cccnc4)C(=O)Nc4ccc(C(F)(F)F)cc4)cc3)cc2)cc1. The van der Waals surface area contributed by atoms with Crippen molar-refractivity contribution < 1.29 is 22.8 Å². The van der Waals surface area contributed by atoms with Crippen molar-refractivity contribution in [3.05, 3.63) is 155 Å². The van der Waals surface area contributed by atoms with Gasteiger partial charge in [-0.05, 0) is 82.4 Å². The molecule has 0 aliphatic rings. The van der Waals surface area contributed by atoms with Crippen LogP contribution in [0.15, 0.2) is 122 Å². The lowest BCUT2D eigenvalue weighted by Crippen LogP contribution is -2.34. The smallest absolute Gasteiger partial charge is 0.348 e. The number of hydrogen-bond donors (Lipinski definition) is 2. The van der Waals surface area contributed by atoms with Crippen molar-refractivity contribution in [3.8, 4) is 17.2 Å². The number of pyridine rings is 1. The van der Waals surface area contributed by atoms with Gasteiger partial charge in [-0.3, -0.25) is 9.78 Å². The molecule has 1 aromatic heterocycles. The van der Waals surface area contributed by atoms with E-state index in [4.69, 9.17) is 5.26 Å². The number of aromatic nitrogens is 1. The molecule has 0 bridgehead atoms. The van der Waals surface area contributed by atoms with Gasteiger partial charge in [0.1, 0.15) is 0 Å². The number of nitriles is 1. The van der Waals surface area contributed by atoms with E-state index < -0.39 is 17.8 Å². The van der Waals surface area contributed by atoms with Gasteiger partial charge in [0.15, 0.2) is 0 Å². The Morgan fingerprint density at radius 2 is 1.37 bits per heavy atom. The first-order valence-corrected chi connectivity index (χ1v) is 14.3. The molecular formula is C36H28F3N5O2. The minimum atomic E-state index is -4.46. The average molecular weight is 620 g/mol. The zero-order chi connectivity index (χ0) is 32.5. The van der Waals surface area contributed by atoms with Gasteiger partial charge >= 0.3 is 12.2 Å². The predicted octanol–water partition coefficient (Wildman–Crippen LogP) is 7.80. The maximum atomic E-state index is 13.3. The number of rotatable bonds is 9. The van der Waals surface area contributed by atoms with Crippen molar-refractivity contribution in [2.45, 2.75) is 25.8 Å². The molecule has 46 heavy (non-hydrogen) atoms. The zero-order valence-electron chi connectivity index (χ0n) is 24.5. The summed E-state index contributed by atoms with van der Waals surface area (Å²) < 4.78 is 38.9. The molecule has 0 aliphatic heterocycles. The quantitative estimate of drug-likeness (QED) is 0.176. The van der Waals surface area contributed by atoms with Crippen molar-refractivity contribution in [1.82, 2.24) is 15.2 Å². The molecule has 4 aromatic carbocycles. The third-order valence-corrected chi connectivity index (χ3v) is 7.19. The second-order valence-electron chi connectivity index (χ2n) is 10.5. The Balaban J connectivity index is 1.22. The highest BCUT2D eigenvalue weighted by atomic mass is 19.4. The van der Waals surface area contributed by atoms with Gasteiger partial charge in [0, 0.05) is 43.3 Å². The number of nitrogens with one attached hydrogen (secondary N) is 2. The second-order valence-corrected chi connectivity index (χ2v) is 10.5. The highest BCUT2D eigenvalue weighted by Crippen LogP contribution is 2.30. The molecular weight excluding hydrogens is 591 g/mol. The number of urea groups is 1. The fourth-order valence-corrected chi connectivity index (χ4v) is 4.68. The Morgan fingerprint density at radius 1 is 0.761 bits per heavy atom. The van der Waals surface area contributed by atoms with Gasteiger partial charge in [-0.2, -0.15) is 18.4 Å². The first-order valence-electron chi connectivity index (χ1n) is 14.3. The first-order chi connectivity index (χ1) is 22.2. The summed E-state index contributed by atoms with van der Waals surface area (Å²) in [5, 5.41) is 14.5. The highest BCUT2D eigenvalue weighted by Gasteiger charge is 2.30. The van der Waals surface area contributed by atoms with Crippen LogP contribution in [-0.4, -0.2) is 21.8 Å². The number of carbonyl (C=O) groups is 2. The molecule has 0 saturated carbocycles. The van der Waals surface area contributed by atoms with Gasteiger partial charge in [0.2, 0.25) is 0 Å². The van der Waals surface area contributed by atoms with Crippen molar-refractivity contribution in [1.29, 1.82) is 5.26 Å². The standard InChI is InChI=1S/C36H28F3N5O2/c37-36(38,39)32-15-17-33(18-16-32)43-35(46)44(24-28-2-1-19-41-21-28)23-27-7-11-30(12-8-27)29-9-5-26(6-10-29)22-42-34(45)31-13-3-25(20-40)4-14-31/h1-19,21H,22-24H2,(H,42,45)(H,43,46). The van der Waals surface area contributed by atoms with Gasteiger partial charge in [0.05, 0.1) is 17.2 Å². The number of nitrogens with zero attached hydrogens (tertiary/aromatic N) is 3. The van der Waals surface area contributed by atoms with Crippen molar-refractivity contribution >= 4 is 17.6 Å². The largest absolute Gasteiger partial charge is 0.416 e. The van der Waals surface area contributed by atoms with Crippen LogP contribution in [-0.2, 0) is 25.8 Å². The molecule has 0 radical (unpaired) electrons. The fourth-order valence-electron chi connectivity index (χ4n) is 4.68. The van der Waals surface area contributed by atoms with Crippen LogP contribution in [0, 0.1) is 11.3 Å². The summed E-state index contributed by atoms with van der Waals surface area (Å²) in [4.78, 5) is 31.4. The van der Waals surface area contributed by atoms with Crippen LogP contribution in [0.5, 0.6) is 0 Å². The molecule has 0 fully saturated rings. The lowest BCUT2D eigenvalue weighted by molar-refractivity contribution is -0.137. The van der Waals surface area contributed by atoms with Crippen LogP contribution in [0.4, 0.5) is 23.7 Å². The molecule has 0 atom stereocenters. The van der Waals surface area contributed by atoms with Crippen molar-refractivity contribution in [3.63, 3.8) is 0 Å². The minimum absolute atomic E-state index is 0.227. The molecule has 10 heteroatoms. The number of hydrogen-bond acceptors (Lipinski definition) is 4. The lowest BCUT2D eigenvalue weighted by Gasteiger charge is -2.23. The van der Waals surface area contributed by atoms with Crippen LogP contribution < -0.4 is 10.6 Å². The second kappa shape index (κ2) is 14.2. The number of amides is 3. The van der Waals surface area contributed by atoms with Crippen LogP contribution >= 0.6 is 0 Å². The molecule has 0 aliphatic carbocycles. The summed E-state index contributed by atoms with van der Waals surface area (Å²) in [5.41, 5.74) is 4.95. The Morgan fingerprint density at radius 3 is 1.93 bits per heavy atom. The summed E-state index contributed by atoms with van der Waals surface area (Å²) >= 11 is 0. The van der Waals surface area contributed by atoms with E-state index in [0.29, 0.717) is 17.7 Å². The zero-order valence-corrected chi connectivity index (χ0v) is 24.5. The van der Waals surface area contributed by atoms with Crippen LogP contribution in [0.3, 0.4) is 0 Å². The molecule has 3 amide bonds. The molecule has 5 aromatic rings. The monoisotopic (exact) mass is 619 g/mol. The minimum Gasteiger partial charge on any atom is -0.348 e. The molecule has 0 spiro atoms. The molecule has 7 nitrogen and oxygen atoms in total. The third kappa shape index (κ3) is 8.36. The first kappa shape index (κ1) is 31.5. The topological polar surface area (TPSA) is 98.1 Å². The number of alkyl halides is 3. The number of halogens is 3. The molecule has 0 saturated heterocycles. The van der Waals surface area contributed by atoms with E-state index in [2.05, 4.69) is 15.6 Å². The predicted molar refractivity (Wildman–Crippen MR) is 168 cm³/mol. The maximum Gasteiger partial charge on any atom is 0.416 e. The Hall–Kier alpha value is -5.95. The summed E-state index contributed by atoms with van der Waals surface area (Å²) in [6.07, 6.45) is -1.17. The lowest BCUT2D eigenvalue weighted by atomic mass is 10.0. The number of anilines is 1. The third-order valence-electron chi connectivity index (χ3n) is 7.19. The van der Waals surface area contributed by atoms with E-state index in [1.807, 2.05) is 60.7 Å². The molecule has 1 heterocycles. The van der Waals surface area contributed by atoms with Crippen LogP contribution in [0.2, 0.25) is 0 Å². The van der Waals surface area contributed by atoms with E-state index >= 15 is 0 Å². The van der Waals surface area contributed by atoms with E-state index in [9.17, 15) is 22.8 Å². The van der Waals surface area contributed by atoms with E-state index in [-0.39, 0.29) is 24.7 Å². The molecule has 230 valence electrons. The molecule has 2 N–H and O–H groups in total. The Labute approximate surface area is 264 Å². The van der Waals surface area contributed by atoms with Crippen molar-refractivity contribution in [2.24, 2.45) is 0 Å². The normalized spacial score (nSPS) is 10.9. The summed E-state index contributed by atoms with van der Waals surface area (Å²) in [6.45, 7) is 0.837. The number of carbonyl (C=O) groups excluding carboxylic acids is 2. The van der Waals surface area contributed by atoms with Gasteiger partial charge in [-0.1, -0.05) is 54.6 Å². The number of benzene rings is 4. The van der Waals surface area contributed by atoms with E-state index in [1.165, 1.54) is 12.1 Å². The van der Waals surface area contributed by atoms with Gasteiger partial charge in [-0.25, -0.2) is 4.79 Å². The van der Waals surface area contributed by atoms with E-state index in [1.54, 1.807) is 47.6 Å². The van der Waals surface area contributed by atoms with Gasteiger partial charge < -0.3 is 15.5 Å². The Kier molecular flexibility index (Phi) is 9.73. The van der Waals surface area contributed by atoms with Crippen LogP contribution in [0.1, 0.15) is 38.2 Å². The fraction of sp³-hybridized carbons (Fsp3) is 0.111. The van der Waals surface area contributed by atoms with Gasteiger partial charge in [0.25, 0.3) is 5.91 Å². The van der Waals surface area contributed by atoms with Crippen molar-refractivity contribution in [2.75, 3.05) is 5.32 Å². The van der Waals surface area contributed by atoms with Gasteiger partial charge in [-0.15, -0.1) is 0 Å². The molecule has 0 unspecified atom stereocenters. The average Bonchev–Trinajstić information content (AvgIpc) is 3.08. The maximum absolute atomic E-state index is 13.3. The van der Waals surface area contributed by atoms with E-state index in [0.717, 1.165) is 39.9 Å². The summed E-state index contributed by atoms with van der Waals surface area (Å²) in [7, 11) is 0. The van der Waals surface area contributed by atoms with Crippen LogP contribution in [0.25, 0.3) is 11.1 Å². The summed E-state index contributed by atoms with van der Waals surface area (Å²) in [6, 6.07) is 31.5. The summed E-state index contributed by atoms with van der Waals surface area (Å²) in [5.74, 6) is -0.227. The highest BCUT2D eigenvalue weighted by molar-refractivity contribution is 5.94. The Bertz CT molecular complexity index is 1820.